The summed E-state index contributed by atoms with van der Waals surface area (Å²) in [5.74, 6) is 0.387. The van der Waals surface area contributed by atoms with Crippen molar-refractivity contribution in [3.8, 4) is 0 Å². The highest BCUT2D eigenvalue weighted by Crippen LogP contribution is 2.25. The van der Waals surface area contributed by atoms with Crippen LogP contribution in [0.2, 0.25) is 0 Å². The minimum Gasteiger partial charge on any atom is -0.258 e. The van der Waals surface area contributed by atoms with Crippen molar-refractivity contribution < 1.29 is 13.3 Å². The van der Waals surface area contributed by atoms with Crippen LogP contribution in [0.15, 0.2) is 53.4 Å². The molecule has 0 bridgehead atoms. The van der Waals surface area contributed by atoms with Crippen molar-refractivity contribution in [1.82, 2.24) is 4.72 Å². The molecule has 0 amide bonds. The zero-order valence-electron chi connectivity index (χ0n) is 13.8. The van der Waals surface area contributed by atoms with Crippen LogP contribution in [-0.2, 0) is 10.0 Å². The van der Waals surface area contributed by atoms with Crippen molar-refractivity contribution in [2.24, 2.45) is 0 Å². The van der Waals surface area contributed by atoms with Gasteiger partial charge >= 0.3 is 0 Å². The van der Waals surface area contributed by atoms with E-state index in [4.69, 9.17) is 0 Å². The van der Waals surface area contributed by atoms with Crippen molar-refractivity contribution in [2.75, 3.05) is 0 Å². The van der Waals surface area contributed by atoms with Gasteiger partial charge in [0.1, 0.15) is 0 Å². The van der Waals surface area contributed by atoms with Gasteiger partial charge in [-0.1, -0.05) is 50.2 Å². The SMILES string of the molecule is CC(C)c1ccc([C@@H](C)NS(=O)(=O)c2ccccc2[N+](=O)[O-])cc1. The van der Waals surface area contributed by atoms with Crippen LogP contribution in [-0.4, -0.2) is 13.3 Å². The molecule has 0 unspecified atom stereocenters. The summed E-state index contributed by atoms with van der Waals surface area (Å²) in [5, 5.41) is 11.0. The number of nitrogens with one attached hydrogen (secondary N) is 1. The zero-order valence-corrected chi connectivity index (χ0v) is 14.6. The molecule has 1 atom stereocenters. The van der Waals surface area contributed by atoms with E-state index in [1.165, 1.54) is 24.3 Å². The molecule has 2 rings (SSSR count). The molecule has 2 aromatic carbocycles. The Labute approximate surface area is 141 Å². The van der Waals surface area contributed by atoms with Gasteiger partial charge in [0, 0.05) is 12.1 Å². The summed E-state index contributed by atoms with van der Waals surface area (Å²) in [4.78, 5) is 10.0. The molecule has 0 radical (unpaired) electrons. The topological polar surface area (TPSA) is 89.3 Å². The Morgan fingerprint density at radius 3 is 2.04 bits per heavy atom. The molecule has 0 saturated heterocycles. The second-order valence-electron chi connectivity index (χ2n) is 5.89. The summed E-state index contributed by atoms with van der Waals surface area (Å²) in [6.07, 6.45) is 0. The van der Waals surface area contributed by atoms with Crippen molar-refractivity contribution in [3.63, 3.8) is 0 Å². The summed E-state index contributed by atoms with van der Waals surface area (Å²) in [6.45, 7) is 5.86. The van der Waals surface area contributed by atoms with Crippen molar-refractivity contribution in [3.05, 3.63) is 69.8 Å². The van der Waals surface area contributed by atoms with E-state index >= 15 is 0 Å². The van der Waals surface area contributed by atoms with Gasteiger partial charge in [-0.2, -0.15) is 0 Å². The van der Waals surface area contributed by atoms with Crippen LogP contribution >= 0.6 is 0 Å². The first kappa shape index (κ1) is 18.1. The smallest absolute Gasteiger partial charge is 0.258 e. The van der Waals surface area contributed by atoms with Crippen LogP contribution in [0.3, 0.4) is 0 Å². The largest absolute Gasteiger partial charge is 0.289 e. The molecule has 0 saturated carbocycles. The number of nitro benzene ring substituents is 1. The van der Waals surface area contributed by atoms with Crippen LogP contribution in [0.5, 0.6) is 0 Å². The maximum Gasteiger partial charge on any atom is 0.289 e. The number of hydrogen-bond donors (Lipinski definition) is 1. The third-order valence-corrected chi connectivity index (χ3v) is 5.37. The fourth-order valence-electron chi connectivity index (χ4n) is 2.37. The molecule has 0 fully saturated rings. The Balaban J connectivity index is 2.27. The Kier molecular flexibility index (Phi) is 5.36. The first-order chi connectivity index (χ1) is 11.2. The third-order valence-electron chi connectivity index (χ3n) is 3.79. The van der Waals surface area contributed by atoms with E-state index in [1.807, 2.05) is 24.3 Å². The Hall–Kier alpha value is -2.25. The minimum absolute atomic E-state index is 0.333. The van der Waals surface area contributed by atoms with Gasteiger partial charge in [-0.05, 0) is 30.0 Å². The van der Waals surface area contributed by atoms with Gasteiger partial charge in [0.25, 0.3) is 5.69 Å². The van der Waals surface area contributed by atoms with E-state index in [1.54, 1.807) is 6.92 Å². The lowest BCUT2D eigenvalue weighted by Gasteiger charge is -2.16. The number of nitrogens with zero attached hydrogens (tertiary/aromatic N) is 1. The Morgan fingerprint density at radius 2 is 1.50 bits per heavy atom. The average Bonchev–Trinajstić information content (AvgIpc) is 2.54. The Morgan fingerprint density at radius 1 is 0.958 bits per heavy atom. The normalized spacial score (nSPS) is 13.0. The molecule has 2 aromatic rings. The van der Waals surface area contributed by atoms with E-state index < -0.39 is 26.7 Å². The molecule has 0 aliphatic rings. The summed E-state index contributed by atoms with van der Waals surface area (Å²) in [7, 11) is -4.00. The number of sulfonamides is 1. The highest BCUT2D eigenvalue weighted by molar-refractivity contribution is 7.89. The molecule has 0 aliphatic heterocycles. The molecule has 24 heavy (non-hydrogen) atoms. The molecule has 0 heterocycles. The number of nitro groups is 1. The first-order valence-corrected chi connectivity index (χ1v) is 9.06. The van der Waals surface area contributed by atoms with Crippen LogP contribution in [0, 0.1) is 10.1 Å². The number of hydrogen-bond acceptors (Lipinski definition) is 4. The second-order valence-corrected chi connectivity index (χ2v) is 7.57. The van der Waals surface area contributed by atoms with E-state index in [9.17, 15) is 18.5 Å². The quantitative estimate of drug-likeness (QED) is 0.636. The van der Waals surface area contributed by atoms with Gasteiger partial charge in [-0.25, -0.2) is 13.1 Å². The van der Waals surface area contributed by atoms with E-state index in [2.05, 4.69) is 18.6 Å². The predicted octanol–water partition coefficient (Wildman–Crippen LogP) is 3.76. The average molecular weight is 348 g/mol. The molecule has 0 aliphatic carbocycles. The van der Waals surface area contributed by atoms with E-state index in [0.29, 0.717) is 5.92 Å². The van der Waals surface area contributed by atoms with Gasteiger partial charge < -0.3 is 0 Å². The van der Waals surface area contributed by atoms with Crippen LogP contribution in [0.4, 0.5) is 5.69 Å². The maximum atomic E-state index is 12.5. The lowest BCUT2D eigenvalue weighted by atomic mass is 10.00. The predicted molar refractivity (Wildman–Crippen MR) is 92.4 cm³/mol. The molecule has 0 aromatic heterocycles. The van der Waals surface area contributed by atoms with Crippen LogP contribution in [0.1, 0.15) is 43.9 Å². The molecule has 0 spiro atoms. The van der Waals surface area contributed by atoms with Crippen LogP contribution < -0.4 is 4.72 Å². The standard InChI is InChI=1S/C17H20N2O4S/c1-12(2)14-8-10-15(11-9-14)13(3)18-24(22,23)17-7-5-4-6-16(17)19(20)21/h4-13,18H,1-3H3/t13-/m1/s1. The highest BCUT2D eigenvalue weighted by Gasteiger charge is 2.26. The zero-order chi connectivity index (χ0) is 17.9. The lowest BCUT2D eigenvalue weighted by Crippen LogP contribution is -2.27. The summed E-state index contributed by atoms with van der Waals surface area (Å²) >= 11 is 0. The van der Waals surface area contributed by atoms with Gasteiger partial charge in [0.05, 0.1) is 4.92 Å². The second kappa shape index (κ2) is 7.11. The number of para-hydroxylation sites is 1. The molecule has 6 nitrogen and oxygen atoms in total. The van der Waals surface area contributed by atoms with Gasteiger partial charge in [0.2, 0.25) is 10.0 Å². The minimum atomic E-state index is -4.00. The summed E-state index contributed by atoms with van der Waals surface area (Å²) < 4.78 is 27.5. The van der Waals surface area contributed by atoms with E-state index in [-0.39, 0.29) is 4.90 Å². The highest BCUT2D eigenvalue weighted by atomic mass is 32.2. The van der Waals surface area contributed by atoms with Gasteiger partial charge in [0.15, 0.2) is 4.90 Å². The fraction of sp³-hybridized carbons (Fsp3) is 0.294. The first-order valence-electron chi connectivity index (χ1n) is 7.58. The molecular formula is C17H20N2O4S. The molecule has 7 heteroatoms. The number of rotatable bonds is 6. The lowest BCUT2D eigenvalue weighted by molar-refractivity contribution is -0.387. The van der Waals surface area contributed by atoms with Gasteiger partial charge in [-0.15, -0.1) is 0 Å². The van der Waals surface area contributed by atoms with Crippen molar-refractivity contribution in [2.45, 2.75) is 37.6 Å². The molecular weight excluding hydrogens is 328 g/mol. The monoisotopic (exact) mass is 348 g/mol. The molecule has 128 valence electrons. The van der Waals surface area contributed by atoms with Crippen molar-refractivity contribution >= 4 is 15.7 Å². The Bertz CT molecular complexity index is 830. The van der Waals surface area contributed by atoms with Crippen LogP contribution in [0.25, 0.3) is 0 Å². The molecule has 1 N–H and O–H groups in total. The van der Waals surface area contributed by atoms with Crippen molar-refractivity contribution in [1.29, 1.82) is 0 Å². The third kappa shape index (κ3) is 3.98. The van der Waals surface area contributed by atoms with E-state index in [0.717, 1.165) is 11.1 Å². The number of benzene rings is 2. The van der Waals surface area contributed by atoms with Gasteiger partial charge in [-0.3, -0.25) is 10.1 Å². The maximum absolute atomic E-state index is 12.5. The summed E-state index contributed by atoms with van der Waals surface area (Å²) in [5.41, 5.74) is 1.52. The fourth-order valence-corrected chi connectivity index (χ4v) is 3.77. The summed E-state index contributed by atoms with van der Waals surface area (Å²) in [6, 6.07) is 12.4.